The number of imide groups is 1. The van der Waals surface area contributed by atoms with Gasteiger partial charge in [0, 0.05) is 6.54 Å². The molecule has 3 N–H and O–H groups in total. The van der Waals surface area contributed by atoms with Crippen LogP contribution in [0.4, 0.5) is 9.18 Å². The average Bonchev–Trinajstić information content (AvgIpc) is 2.72. The monoisotopic (exact) mass is 281 g/mol. The van der Waals surface area contributed by atoms with Crippen LogP contribution >= 0.6 is 0 Å². The number of carbonyl (C=O) groups excluding carboxylic acids is 2. The number of rotatable bonds is 6. The molecule has 1 aromatic rings. The highest BCUT2D eigenvalue weighted by molar-refractivity contribution is 6.04. The summed E-state index contributed by atoms with van der Waals surface area (Å²) in [4.78, 5) is 25.0. The molecule has 0 aromatic heterocycles. The molecule has 1 aromatic carbocycles. The van der Waals surface area contributed by atoms with E-state index in [9.17, 15) is 14.0 Å². The summed E-state index contributed by atoms with van der Waals surface area (Å²) in [6.45, 7) is 1.18. The maximum absolute atomic E-state index is 12.9. The van der Waals surface area contributed by atoms with Crippen molar-refractivity contribution in [1.29, 1.82) is 0 Å². The lowest BCUT2D eigenvalue weighted by Gasteiger charge is -2.13. The van der Waals surface area contributed by atoms with Crippen molar-refractivity contribution in [3.63, 3.8) is 0 Å². The molecule has 6 nitrogen and oxygen atoms in total. The first kappa shape index (κ1) is 14.4. The lowest BCUT2D eigenvalue weighted by Crippen LogP contribution is -2.34. The molecule has 1 atom stereocenters. The molecular weight excluding hydrogens is 265 g/mol. The van der Waals surface area contributed by atoms with Crippen LogP contribution in [0.5, 0.6) is 0 Å². The van der Waals surface area contributed by atoms with Gasteiger partial charge in [-0.05, 0) is 17.7 Å². The number of nitrogens with zero attached hydrogens (tertiary/aromatic N) is 1. The smallest absolute Gasteiger partial charge is 0.325 e. The maximum Gasteiger partial charge on any atom is 0.325 e. The Morgan fingerprint density at radius 2 is 1.95 bits per heavy atom. The molecular formula is C13H16FN3O3. The van der Waals surface area contributed by atoms with E-state index in [0.29, 0.717) is 18.7 Å². The Balaban J connectivity index is 1.99. The molecule has 0 radical (unpaired) electrons. The van der Waals surface area contributed by atoms with E-state index >= 15 is 0 Å². The van der Waals surface area contributed by atoms with Gasteiger partial charge in [0.15, 0.2) is 0 Å². The first-order valence-corrected chi connectivity index (χ1v) is 6.28. The van der Waals surface area contributed by atoms with Gasteiger partial charge >= 0.3 is 6.03 Å². The summed E-state index contributed by atoms with van der Waals surface area (Å²) < 4.78 is 18.0. The molecule has 1 aliphatic rings. The van der Waals surface area contributed by atoms with Gasteiger partial charge in [-0.25, -0.2) is 9.18 Å². The predicted octanol–water partition coefficient (Wildman–Crippen LogP) is 0.394. The quantitative estimate of drug-likeness (QED) is 0.583. The second-order valence-corrected chi connectivity index (χ2v) is 4.32. The standard InChI is InChI=1S/C13H16FN3O3/c14-10-3-1-9(2-4-10)11-12(18)17(13(19)16-11)6-8-20-7-5-15/h1-4,11H,5-8,15H2,(H,16,19). The van der Waals surface area contributed by atoms with Crippen molar-refractivity contribution < 1.29 is 18.7 Å². The molecule has 1 fully saturated rings. The lowest BCUT2D eigenvalue weighted by molar-refractivity contribution is -0.128. The zero-order valence-electron chi connectivity index (χ0n) is 10.8. The number of hydrogen-bond donors (Lipinski definition) is 2. The minimum absolute atomic E-state index is 0.169. The third-order valence-electron chi connectivity index (χ3n) is 2.95. The number of benzene rings is 1. The zero-order chi connectivity index (χ0) is 14.5. The molecule has 0 bridgehead atoms. The van der Waals surface area contributed by atoms with E-state index in [1.165, 1.54) is 24.3 Å². The highest BCUT2D eigenvalue weighted by Gasteiger charge is 2.38. The Bertz CT molecular complexity index is 492. The highest BCUT2D eigenvalue weighted by atomic mass is 19.1. The summed E-state index contributed by atoms with van der Waals surface area (Å²) in [5, 5.41) is 2.57. The van der Waals surface area contributed by atoms with Gasteiger partial charge in [0.05, 0.1) is 19.8 Å². The van der Waals surface area contributed by atoms with Crippen LogP contribution in [0.3, 0.4) is 0 Å². The van der Waals surface area contributed by atoms with Crippen molar-refractivity contribution in [3.05, 3.63) is 35.6 Å². The average molecular weight is 281 g/mol. The number of nitrogens with two attached hydrogens (primary N) is 1. The van der Waals surface area contributed by atoms with Gasteiger partial charge in [-0.1, -0.05) is 12.1 Å². The molecule has 1 unspecified atom stereocenters. The number of amides is 3. The van der Waals surface area contributed by atoms with Gasteiger partial charge in [0.25, 0.3) is 5.91 Å². The second kappa shape index (κ2) is 6.44. The van der Waals surface area contributed by atoms with Crippen molar-refractivity contribution in [1.82, 2.24) is 10.2 Å². The molecule has 1 heterocycles. The Morgan fingerprint density at radius 3 is 2.60 bits per heavy atom. The van der Waals surface area contributed by atoms with Gasteiger partial charge < -0.3 is 15.8 Å². The first-order chi connectivity index (χ1) is 9.63. The highest BCUT2D eigenvalue weighted by Crippen LogP contribution is 2.21. The van der Waals surface area contributed by atoms with Crippen LogP contribution in [0.2, 0.25) is 0 Å². The Hall–Kier alpha value is -1.99. The van der Waals surface area contributed by atoms with Crippen molar-refractivity contribution in [2.75, 3.05) is 26.3 Å². The number of halogens is 1. The van der Waals surface area contributed by atoms with Crippen LogP contribution < -0.4 is 11.1 Å². The number of nitrogens with one attached hydrogen (secondary N) is 1. The summed E-state index contributed by atoms with van der Waals surface area (Å²) in [5.41, 5.74) is 5.82. The summed E-state index contributed by atoms with van der Waals surface area (Å²) >= 11 is 0. The Labute approximate surface area is 115 Å². The SMILES string of the molecule is NCCOCCN1C(=O)NC(c2ccc(F)cc2)C1=O. The van der Waals surface area contributed by atoms with Crippen LogP contribution in [0, 0.1) is 5.82 Å². The maximum atomic E-state index is 12.9. The van der Waals surface area contributed by atoms with Gasteiger partial charge in [-0.15, -0.1) is 0 Å². The lowest BCUT2D eigenvalue weighted by atomic mass is 10.1. The Morgan fingerprint density at radius 1 is 1.25 bits per heavy atom. The summed E-state index contributed by atoms with van der Waals surface area (Å²) in [5.74, 6) is -0.754. The fraction of sp³-hybridized carbons (Fsp3) is 0.385. The number of carbonyl (C=O) groups is 2. The van der Waals surface area contributed by atoms with Crippen LogP contribution in [-0.4, -0.2) is 43.1 Å². The molecule has 108 valence electrons. The first-order valence-electron chi connectivity index (χ1n) is 6.28. The molecule has 7 heteroatoms. The van der Waals surface area contributed by atoms with E-state index < -0.39 is 17.9 Å². The summed E-state index contributed by atoms with van der Waals surface area (Å²) in [6, 6.07) is 4.22. The molecule has 20 heavy (non-hydrogen) atoms. The van der Waals surface area contributed by atoms with Gasteiger partial charge in [0.1, 0.15) is 11.9 Å². The third kappa shape index (κ3) is 3.12. The normalized spacial score (nSPS) is 18.5. The Kier molecular flexibility index (Phi) is 4.65. The summed E-state index contributed by atoms with van der Waals surface area (Å²) in [7, 11) is 0. The van der Waals surface area contributed by atoms with Crippen LogP contribution in [0.25, 0.3) is 0 Å². The minimum atomic E-state index is -0.766. The van der Waals surface area contributed by atoms with Gasteiger partial charge in [0.2, 0.25) is 0 Å². The van der Waals surface area contributed by atoms with Crippen LogP contribution in [-0.2, 0) is 9.53 Å². The molecule has 3 amide bonds. The van der Waals surface area contributed by atoms with Crippen LogP contribution in [0.15, 0.2) is 24.3 Å². The van der Waals surface area contributed by atoms with Crippen molar-refractivity contribution in [3.8, 4) is 0 Å². The number of hydrogen-bond acceptors (Lipinski definition) is 4. The largest absolute Gasteiger partial charge is 0.378 e. The van der Waals surface area contributed by atoms with E-state index in [2.05, 4.69) is 5.32 Å². The topological polar surface area (TPSA) is 84.7 Å². The molecule has 0 saturated carbocycles. The van der Waals surface area contributed by atoms with Gasteiger partial charge in [-0.2, -0.15) is 0 Å². The zero-order valence-corrected chi connectivity index (χ0v) is 10.8. The third-order valence-corrected chi connectivity index (χ3v) is 2.95. The number of ether oxygens (including phenoxy) is 1. The molecule has 0 spiro atoms. The van der Waals surface area contributed by atoms with E-state index in [-0.39, 0.29) is 19.1 Å². The molecule has 1 saturated heterocycles. The fourth-order valence-electron chi connectivity index (χ4n) is 1.95. The van der Waals surface area contributed by atoms with E-state index in [0.717, 1.165) is 4.90 Å². The van der Waals surface area contributed by atoms with Crippen molar-refractivity contribution >= 4 is 11.9 Å². The van der Waals surface area contributed by atoms with Crippen LogP contribution in [0.1, 0.15) is 11.6 Å². The second-order valence-electron chi connectivity index (χ2n) is 4.32. The van der Waals surface area contributed by atoms with E-state index in [1.54, 1.807) is 0 Å². The van der Waals surface area contributed by atoms with Crippen molar-refractivity contribution in [2.45, 2.75) is 6.04 Å². The molecule has 1 aliphatic heterocycles. The number of urea groups is 1. The molecule has 2 rings (SSSR count). The molecule has 0 aliphatic carbocycles. The minimum Gasteiger partial charge on any atom is -0.378 e. The fourth-order valence-corrected chi connectivity index (χ4v) is 1.95. The predicted molar refractivity (Wildman–Crippen MR) is 69.3 cm³/mol. The van der Waals surface area contributed by atoms with Crippen molar-refractivity contribution in [2.24, 2.45) is 5.73 Å². The summed E-state index contributed by atoms with van der Waals surface area (Å²) in [6.07, 6.45) is 0. The van der Waals surface area contributed by atoms with E-state index in [4.69, 9.17) is 10.5 Å². The van der Waals surface area contributed by atoms with Gasteiger partial charge in [-0.3, -0.25) is 9.69 Å². The van der Waals surface area contributed by atoms with E-state index in [1.807, 2.05) is 0 Å².